The third-order valence-corrected chi connectivity index (χ3v) is 2.88. The Morgan fingerprint density at radius 3 is 2.50 bits per heavy atom. The van der Waals surface area contributed by atoms with Crippen LogP contribution < -0.4 is 5.32 Å². The Hall–Kier alpha value is -1.18. The average Bonchev–Trinajstić information content (AvgIpc) is 2.17. The van der Waals surface area contributed by atoms with Gasteiger partial charge in [-0.05, 0) is 25.0 Å². The van der Waals surface area contributed by atoms with Crippen LogP contribution in [-0.2, 0) is 4.74 Å². The fourth-order valence-electron chi connectivity index (χ4n) is 1.34. The van der Waals surface area contributed by atoms with Crippen LogP contribution in [0.15, 0.2) is 36.8 Å². The summed E-state index contributed by atoms with van der Waals surface area (Å²) >= 11 is 0. The number of ether oxygens (including phenoxy) is 1. The van der Waals surface area contributed by atoms with Gasteiger partial charge in [0.05, 0.1) is 11.2 Å². The molecule has 0 aromatic rings. The van der Waals surface area contributed by atoms with Crippen LogP contribution in [0, 0.1) is 5.92 Å². The molecule has 0 radical (unpaired) electrons. The van der Waals surface area contributed by atoms with E-state index in [9.17, 15) is 0 Å². The molecule has 0 aliphatic carbocycles. The second-order valence-electron chi connectivity index (χ2n) is 4.17. The number of nitrogens with one attached hydrogen (secondary N) is 1. The van der Waals surface area contributed by atoms with Crippen LogP contribution in [0.3, 0.4) is 0 Å². The van der Waals surface area contributed by atoms with Crippen molar-refractivity contribution >= 4 is 0 Å². The molecule has 1 N–H and O–H groups in total. The summed E-state index contributed by atoms with van der Waals surface area (Å²) in [5, 5.41) is 3.45. The van der Waals surface area contributed by atoms with E-state index >= 15 is 0 Å². The zero-order valence-electron chi connectivity index (χ0n) is 9.26. The first-order valence-electron chi connectivity index (χ1n) is 4.93. The molecule has 1 aliphatic heterocycles. The summed E-state index contributed by atoms with van der Waals surface area (Å²) in [6.45, 7) is 14.6. The molecule has 1 rings (SSSR count). The molecule has 0 saturated heterocycles. The van der Waals surface area contributed by atoms with Gasteiger partial charge in [-0.25, -0.2) is 0 Å². The molecule has 1 aliphatic rings. The molecule has 14 heavy (non-hydrogen) atoms. The number of allylic oxidation sites excluding steroid dienone is 2. The van der Waals surface area contributed by atoms with Crippen LogP contribution in [0.4, 0.5) is 0 Å². The molecule has 0 amide bonds. The minimum Gasteiger partial charge on any atom is -0.489 e. The predicted molar refractivity (Wildman–Crippen MR) is 59.8 cm³/mol. The van der Waals surface area contributed by atoms with Gasteiger partial charge in [0.2, 0.25) is 0 Å². The Morgan fingerprint density at radius 1 is 1.43 bits per heavy atom. The van der Waals surface area contributed by atoms with Gasteiger partial charge >= 0.3 is 0 Å². The summed E-state index contributed by atoms with van der Waals surface area (Å²) in [6.07, 6.45) is 3.49. The standard InChI is InChI=1S/C12H19NO/c1-6-10-11(7-2)14-8-12(5,13-10)9(3)4/h6-7,9,13H,1-2,8H2,3-5H3. The monoisotopic (exact) mass is 193 g/mol. The van der Waals surface area contributed by atoms with Crippen molar-refractivity contribution < 1.29 is 4.74 Å². The summed E-state index contributed by atoms with van der Waals surface area (Å²) in [7, 11) is 0. The lowest BCUT2D eigenvalue weighted by molar-refractivity contribution is 0.0883. The predicted octanol–water partition coefficient (Wildman–Crippen LogP) is 2.60. The lowest BCUT2D eigenvalue weighted by Gasteiger charge is -2.40. The van der Waals surface area contributed by atoms with E-state index in [-0.39, 0.29) is 5.54 Å². The van der Waals surface area contributed by atoms with Crippen molar-refractivity contribution in [2.24, 2.45) is 5.92 Å². The SMILES string of the molecule is C=CC1=C(C=C)OCC(C)(C(C)C)N1. The Bertz CT molecular complexity index is 278. The molecule has 2 nitrogen and oxygen atoms in total. The zero-order chi connectivity index (χ0) is 10.8. The van der Waals surface area contributed by atoms with E-state index in [1.807, 2.05) is 0 Å². The first-order chi connectivity index (χ1) is 6.53. The topological polar surface area (TPSA) is 21.3 Å². The van der Waals surface area contributed by atoms with Crippen LogP contribution in [0.5, 0.6) is 0 Å². The Balaban J connectivity index is 2.94. The maximum Gasteiger partial charge on any atom is 0.141 e. The molecular weight excluding hydrogens is 174 g/mol. The van der Waals surface area contributed by atoms with E-state index < -0.39 is 0 Å². The lowest BCUT2D eigenvalue weighted by Crippen LogP contribution is -2.52. The highest BCUT2D eigenvalue weighted by molar-refractivity contribution is 5.29. The van der Waals surface area contributed by atoms with Gasteiger partial charge in [-0.15, -0.1) is 0 Å². The van der Waals surface area contributed by atoms with Crippen molar-refractivity contribution in [3.8, 4) is 0 Å². The van der Waals surface area contributed by atoms with E-state index in [2.05, 4.69) is 39.2 Å². The van der Waals surface area contributed by atoms with Crippen LogP contribution in [0.2, 0.25) is 0 Å². The minimum absolute atomic E-state index is 0.0178. The summed E-state index contributed by atoms with van der Waals surface area (Å²) in [6, 6.07) is 0. The lowest BCUT2D eigenvalue weighted by atomic mass is 9.88. The van der Waals surface area contributed by atoms with Crippen LogP contribution >= 0.6 is 0 Å². The largest absolute Gasteiger partial charge is 0.489 e. The Morgan fingerprint density at radius 2 is 2.07 bits per heavy atom. The molecule has 1 unspecified atom stereocenters. The molecule has 0 saturated carbocycles. The van der Waals surface area contributed by atoms with Crippen molar-refractivity contribution in [1.82, 2.24) is 5.32 Å². The summed E-state index contributed by atoms with van der Waals surface area (Å²) < 4.78 is 5.64. The third kappa shape index (κ3) is 1.84. The maximum atomic E-state index is 5.64. The minimum atomic E-state index is -0.0178. The molecule has 1 atom stereocenters. The maximum absolute atomic E-state index is 5.64. The molecule has 0 fully saturated rings. The van der Waals surface area contributed by atoms with Gasteiger partial charge in [-0.1, -0.05) is 27.0 Å². The van der Waals surface area contributed by atoms with Gasteiger partial charge in [0.1, 0.15) is 12.4 Å². The van der Waals surface area contributed by atoms with Gasteiger partial charge in [-0.2, -0.15) is 0 Å². The fraction of sp³-hybridized carbons (Fsp3) is 0.500. The third-order valence-electron chi connectivity index (χ3n) is 2.88. The number of rotatable bonds is 3. The number of hydrogen-bond acceptors (Lipinski definition) is 2. The molecular formula is C12H19NO. The summed E-state index contributed by atoms with van der Waals surface area (Å²) in [4.78, 5) is 0. The van der Waals surface area contributed by atoms with E-state index in [4.69, 9.17) is 4.74 Å². The van der Waals surface area contributed by atoms with Gasteiger partial charge in [0, 0.05) is 0 Å². The Kier molecular flexibility index (Phi) is 3.04. The Labute approximate surface area is 86.3 Å². The van der Waals surface area contributed by atoms with Gasteiger partial charge in [0.25, 0.3) is 0 Å². The van der Waals surface area contributed by atoms with E-state index in [0.717, 1.165) is 11.5 Å². The second-order valence-corrected chi connectivity index (χ2v) is 4.17. The van der Waals surface area contributed by atoms with E-state index in [0.29, 0.717) is 12.5 Å². The molecule has 78 valence electrons. The van der Waals surface area contributed by atoms with E-state index in [1.165, 1.54) is 0 Å². The van der Waals surface area contributed by atoms with Crippen molar-refractivity contribution in [3.63, 3.8) is 0 Å². The van der Waals surface area contributed by atoms with Crippen LogP contribution in [0.25, 0.3) is 0 Å². The van der Waals surface area contributed by atoms with Gasteiger partial charge < -0.3 is 10.1 Å². The smallest absolute Gasteiger partial charge is 0.141 e. The van der Waals surface area contributed by atoms with Crippen LogP contribution in [-0.4, -0.2) is 12.1 Å². The van der Waals surface area contributed by atoms with Crippen molar-refractivity contribution in [1.29, 1.82) is 0 Å². The summed E-state index contributed by atoms with van der Waals surface area (Å²) in [5.74, 6) is 1.29. The number of hydrogen-bond donors (Lipinski definition) is 1. The first-order valence-corrected chi connectivity index (χ1v) is 4.93. The molecule has 0 bridgehead atoms. The van der Waals surface area contributed by atoms with Crippen molar-refractivity contribution in [2.75, 3.05) is 6.61 Å². The molecule has 0 aromatic carbocycles. The van der Waals surface area contributed by atoms with Gasteiger partial charge in [-0.3, -0.25) is 0 Å². The molecule has 0 spiro atoms. The molecule has 1 heterocycles. The van der Waals surface area contributed by atoms with Crippen molar-refractivity contribution in [3.05, 3.63) is 36.8 Å². The highest BCUT2D eigenvalue weighted by Gasteiger charge is 2.33. The highest BCUT2D eigenvalue weighted by atomic mass is 16.5. The average molecular weight is 193 g/mol. The first kappa shape index (κ1) is 10.9. The van der Waals surface area contributed by atoms with E-state index in [1.54, 1.807) is 12.2 Å². The molecule has 0 aromatic heterocycles. The fourth-order valence-corrected chi connectivity index (χ4v) is 1.34. The van der Waals surface area contributed by atoms with Gasteiger partial charge in [0.15, 0.2) is 0 Å². The van der Waals surface area contributed by atoms with Crippen LogP contribution in [0.1, 0.15) is 20.8 Å². The quantitative estimate of drug-likeness (QED) is 0.744. The summed E-state index contributed by atoms with van der Waals surface area (Å²) in [5.41, 5.74) is 0.915. The normalized spacial score (nSPS) is 26.9. The van der Waals surface area contributed by atoms with Crippen molar-refractivity contribution in [2.45, 2.75) is 26.3 Å². The zero-order valence-corrected chi connectivity index (χ0v) is 9.26. The molecule has 2 heteroatoms. The second kappa shape index (κ2) is 3.91. The highest BCUT2D eigenvalue weighted by Crippen LogP contribution is 2.25.